The van der Waals surface area contributed by atoms with Crippen LogP contribution in [0.25, 0.3) is 0 Å². The second kappa shape index (κ2) is 6.78. The van der Waals surface area contributed by atoms with Gasteiger partial charge in [0.1, 0.15) is 0 Å². The molecule has 0 aromatic carbocycles. The van der Waals surface area contributed by atoms with Gasteiger partial charge < -0.3 is 14.2 Å². The fraction of sp³-hybridized carbons (Fsp3) is 0.727. The first-order chi connectivity index (χ1) is 8.91. The van der Waals surface area contributed by atoms with Crippen LogP contribution in [0.5, 0.6) is 0 Å². The van der Waals surface area contributed by atoms with Gasteiger partial charge in [-0.3, -0.25) is 4.79 Å². The molecule has 1 fully saturated rings. The van der Waals surface area contributed by atoms with Crippen LogP contribution >= 0.6 is 34.4 Å². The number of hydrogen-bond donors (Lipinski definition) is 0. The number of halogens is 1. The molecule has 1 heterocycles. The van der Waals surface area contributed by atoms with Crippen molar-refractivity contribution >= 4 is 52.3 Å². The van der Waals surface area contributed by atoms with E-state index in [4.69, 9.17) is 9.47 Å². The molecule has 8 heteroatoms. The summed E-state index contributed by atoms with van der Waals surface area (Å²) in [7, 11) is 3.75. The molecule has 19 heavy (non-hydrogen) atoms. The van der Waals surface area contributed by atoms with Crippen LogP contribution in [0.4, 0.5) is 0 Å². The van der Waals surface area contributed by atoms with Gasteiger partial charge in [0.15, 0.2) is 0 Å². The standard InChI is InChI=1S/C11H15IO6S/c1-16-8(13)4-7-6(12)5-11(19-7,9(14)17-2)10(15)18-3/h6-7H,4-5H2,1-3H3/t6-,7-/m0/s1. The van der Waals surface area contributed by atoms with E-state index >= 15 is 0 Å². The lowest BCUT2D eigenvalue weighted by atomic mass is 10.0. The van der Waals surface area contributed by atoms with E-state index in [1.807, 2.05) is 0 Å². The van der Waals surface area contributed by atoms with Gasteiger partial charge in [-0.15, -0.1) is 11.8 Å². The summed E-state index contributed by atoms with van der Waals surface area (Å²) in [6, 6.07) is 0. The Morgan fingerprint density at radius 3 is 2.11 bits per heavy atom. The van der Waals surface area contributed by atoms with Crippen LogP contribution in [0.1, 0.15) is 12.8 Å². The molecule has 0 aromatic rings. The largest absolute Gasteiger partial charge is 0.469 e. The van der Waals surface area contributed by atoms with Crippen LogP contribution in [0.15, 0.2) is 0 Å². The van der Waals surface area contributed by atoms with Crippen molar-refractivity contribution in [1.29, 1.82) is 0 Å². The average Bonchev–Trinajstić information content (AvgIpc) is 2.75. The van der Waals surface area contributed by atoms with Gasteiger partial charge in [-0.05, 0) is 6.42 Å². The number of methoxy groups -OCH3 is 3. The van der Waals surface area contributed by atoms with Crippen molar-refractivity contribution in [3.05, 3.63) is 0 Å². The average molecular weight is 402 g/mol. The predicted molar refractivity (Wildman–Crippen MR) is 77.2 cm³/mol. The van der Waals surface area contributed by atoms with Gasteiger partial charge in [0.2, 0.25) is 4.75 Å². The lowest BCUT2D eigenvalue weighted by molar-refractivity contribution is -0.155. The van der Waals surface area contributed by atoms with Gasteiger partial charge >= 0.3 is 17.9 Å². The zero-order chi connectivity index (χ0) is 14.6. The Balaban J connectivity index is 2.95. The van der Waals surface area contributed by atoms with E-state index in [9.17, 15) is 14.4 Å². The molecule has 1 rings (SSSR count). The lowest BCUT2D eigenvalue weighted by Gasteiger charge is -2.22. The third-order valence-electron chi connectivity index (χ3n) is 2.86. The fourth-order valence-corrected chi connectivity index (χ4v) is 5.15. The van der Waals surface area contributed by atoms with E-state index in [-0.39, 0.29) is 28.0 Å². The highest BCUT2D eigenvalue weighted by Crippen LogP contribution is 2.49. The minimum atomic E-state index is -1.38. The molecule has 0 aromatic heterocycles. The van der Waals surface area contributed by atoms with Crippen molar-refractivity contribution in [3.8, 4) is 0 Å². The monoisotopic (exact) mass is 402 g/mol. The lowest BCUT2D eigenvalue weighted by Crippen LogP contribution is -2.43. The number of ether oxygens (including phenoxy) is 3. The maximum absolute atomic E-state index is 11.9. The maximum Gasteiger partial charge on any atom is 0.333 e. The quantitative estimate of drug-likeness (QED) is 0.228. The molecule has 0 spiro atoms. The molecule has 0 radical (unpaired) electrons. The Hall–Kier alpha value is -0.510. The van der Waals surface area contributed by atoms with Gasteiger partial charge in [-0.2, -0.15) is 0 Å². The SMILES string of the molecule is COC(=O)C[C@@H]1SC(C(=O)OC)(C(=O)OC)C[C@@H]1I. The van der Waals surface area contributed by atoms with Gasteiger partial charge in [-0.1, -0.05) is 22.6 Å². The molecule has 0 bridgehead atoms. The normalized spacial score (nSPS) is 24.6. The first-order valence-corrected chi connectivity index (χ1v) is 7.59. The first kappa shape index (κ1) is 16.5. The molecule has 0 unspecified atom stereocenters. The Bertz CT molecular complexity index is 369. The summed E-state index contributed by atoms with van der Waals surface area (Å²) in [5.74, 6) is -1.65. The molecule has 0 aliphatic carbocycles. The van der Waals surface area contributed by atoms with Crippen molar-refractivity contribution in [3.63, 3.8) is 0 Å². The minimum Gasteiger partial charge on any atom is -0.469 e. The van der Waals surface area contributed by atoms with Crippen molar-refractivity contribution in [2.45, 2.75) is 26.8 Å². The summed E-state index contributed by atoms with van der Waals surface area (Å²) >= 11 is 3.24. The Morgan fingerprint density at radius 1 is 1.16 bits per heavy atom. The van der Waals surface area contributed by atoms with E-state index < -0.39 is 16.7 Å². The predicted octanol–water partition coefficient (Wildman–Crippen LogP) is 0.943. The summed E-state index contributed by atoms with van der Waals surface area (Å²) in [5.41, 5.74) is 0. The molecule has 1 saturated heterocycles. The van der Waals surface area contributed by atoms with Gasteiger partial charge in [0, 0.05) is 9.17 Å². The van der Waals surface area contributed by atoms with Crippen LogP contribution < -0.4 is 0 Å². The molecule has 0 N–H and O–H groups in total. The van der Waals surface area contributed by atoms with Crippen LogP contribution in [0, 0.1) is 0 Å². The van der Waals surface area contributed by atoms with Crippen LogP contribution in [-0.2, 0) is 28.6 Å². The highest BCUT2D eigenvalue weighted by atomic mass is 127. The molecule has 2 atom stereocenters. The summed E-state index contributed by atoms with van der Waals surface area (Å²) < 4.78 is 12.6. The third kappa shape index (κ3) is 3.33. The third-order valence-corrected chi connectivity index (χ3v) is 6.36. The van der Waals surface area contributed by atoms with E-state index in [0.29, 0.717) is 0 Å². The van der Waals surface area contributed by atoms with Crippen molar-refractivity contribution in [2.75, 3.05) is 21.3 Å². The van der Waals surface area contributed by atoms with Crippen molar-refractivity contribution in [1.82, 2.24) is 0 Å². The zero-order valence-corrected chi connectivity index (χ0v) is 13.8. The number of esters is 3. The summed E-state index contributed by atoms with van der Waals surface area (Å²) in [5, 5.41) is -0.189. The topological polar surface area (TPSA) is 78.9 Å². The number of alkyl halides is 1. The molecule has 0 saturated carbocycles. The summed E-state index contributed by atoms with van der Waals surface area (Å²) in [6.07, 6.45) is 0.420. The highest BCUT2D eigenvalue weighted by Gasteiger charge is 2.58. The highest BCUT2D eigenvalue weighted by molar-refractivity contribution is 14.1. The second-order valence-electron chi connectivity index (χ2n) is 3.97. The van der Waals surface area contributed by atoms with Crippen molar-refractivity contribution in [2.24, 2.45) is 0 Å². The smallest absolute Gasteiger partial charge is 0.333 e. The van der Waals surface area contributed by atoms with E-state index in [2.05, 4.69) is 27.3 Å². The minimum absolute atomic E-state index is 0.0279. The molecule has 1 aliphatic heterocycles. The summed E-state index contributed by atoms with van der Waals surface area (Å²) in [6.45, 7) is 0. The molecule has 6 nitrogen and oxygen atoms in total. The van der Waals surface area contributed by atoms with Crippen LogP contribution in [0.2, 0.25) is 0 Å². The van der Waals surface area contributed by atoms with Gasteiger partial charge in [0.25, 0.3) is 0 Å². The Kier molecular flexibility index (Phi) is 5.90. The molecular weight excluding hydrogens is 387 g/mol. The molecule has 0 amide bonds. The number of carbonyl (C=O) groups excluding carboxylic acids is 3. The Morgan fingerprint density at radius 2 is 1.68 bits per heavy atom. The van der Waals surface area contributed by atoms with Gasteiger partial charge in [0.05, 0.1) is 27.8 Å². The van der Waals surface area contributed by atoms with Gasteiger partial charge in [-0.25, -0.2) is 9.59 Å². The van der Waals surface area contributed by atoms with E-state index in [0.717, 1.165) is 11.8 Å². The molecule has 108 valence electrons. The number of rotatable bonds is 4. The molecule has 1 aliphatic rings. The summed E-state index contributed by atoms with van der Waals surface area (Å²) in [4.78, 5) is 35.2. The first-order valence-electron chi connectivity index (χ1n) is 5.46. The van der Waals surface area contributed by atoms with E-state index in [1.54, 1.807) is 0 Å². The van der Waals surface area contributed by atoms with E-state index in [1.165, 1.54) is 21.3 Å². The van der Waals surface area contributed by atoms with Crippen molar-refractivity contribution < 1.29 is 28.6 Å². The fourth-order valence-electron chi connectivity index (χ4n) is 1.88. The number of carbonyl (C=O) groups is 3. The van der Waals surface area contributed by atoms with Crippen LogP contribution in [0.3, 0.4) is 0 Å². The zero-order valence-electron chi connectivity index (χ0n) is 10.8. The van der Waals surface area contributed by atoms with Crippen LogP contribution in [-0.4, -0.2) is 53.2 Å². The Labute approximate surface area is 129 Å². The maximum atomic E-state index is 11.9. The molecular formula is C11H15IO6S. The second-order valence-corrected chi connectivity index (χ2v) is 7.10. The number of hydrogen-bond acceptors (Lipinski definition) is 7. The number of thioether (sulfide) groups is 1.